The highest BCUT2D eigenvalue weighted by Gasteiger charge is 2.05. The zero-order valence-electron chi connectivity index (χ0n) is 8.01. The molecule has 0 radical (unpaired) electrons. The Bertz CT molecular complexity index is 178. The van der Waals surface area contributed by atoms with Crippen LogP contribution >= 0.6 is 11.6 Å². The minimum absolute atomic E-state index is 0.0576. The summed E-state index contributed by atoms with van der Waals surface area (Å²) in [6.07, 6.45) is 0.989. The van der Waals surface area contributed by atoms with Crippen molar-refractivity contribution in [1.29, 1.82) is 0 Å². The number of esters is 1. The fourth-order valence-corrected chi connectivity index (χ4v) is 0.775. The molecule has 0 saturated carbocycles. The monoisotopic (exact) mass is 206 g/mol. The standard InChI is InChI=1S/C9H15ClO3/c1-7(2)5-6-13-9(12)4-3-8(10)11/h7H,3-6H2,1-2H3. The van der Waals surface area contributed by atoms with E-state index in [0.29, 0.717) is 12.5 Å². The average Bonchev–Trinajstić information content (AvgIpc) is 2.00. The van der Waals surface area contributed by atoms with E-state index in [1.165, 1.54) is 0 Å². The van der Waals surface area contributed by atoms with Crippen molar-refractivity contribution in [3.05, 3.63) is 0 Å². The lowest BCUT2D eigenvalue weighted by molar-refractivity contribution is -0.144. The maximum absolute atomic E-state index is 10.9. The van der Waals surface area contributed by atoms with Crippen LogP contribution < -0.4 is 0 Å². The molecule has 0 aromatic heterocycles. The first-order valence-corrected chi connectivity index (χ1v) is 4.74. The number of ether oxygens (including phenoxy) is 1. The average molecular weight is 207 g/mol. The number of hydrogen-bond donors (Lipinski definition) is 0. The molecule has 3 nitrogen and oxygen atoms in total. The van der Waals surface area contributed by atoms with Crippen molar-refractivity contribution in [2.75, 3.05) is 6.61 Å². The highest BCUT2D eigenvalue weighted by molar-refractivity contribution is 6.63. The van der Waals surface area contributed by atoms with E-state index in [1.54, 1.807) is 0 Å². The molecule has 0 aromatic rings. The number of halogens is 1. The molecule has 0 unspecified atom stereocenters. The van der Waals surface area contributed by atoms with E-state index < -0.39 is 5.24 Å². The summed E-state index contributed by atoms with van der Waals surface area (Å²) >= 11 is 5.06. The first-order valence-electron chi connectivity index (χ1n) is 4.36. The van der Waals surface area contributed by atoms with Crippen LogP contribution in [0.1, 0.15) is 33.1 Å². The second kappa shape index (κ2) is 6.89. The smallest absolute Gasteiger partial charge is 0.306 e. The van der Waals surface area contributed by atoms with Gasteiger partial charge in [0.15, 0.2) is 0 Å². The minimum atomic E-state index is -0.499. The van der Waals surface area contributed by atoms with Crippen LogP contribution in [0.15, 0.2) is 0 Å². The number of rotatable bonds is 6. The molecule has 0 aliphatic heterocycles. The molecule has 0 rings (SSSR count). The van der Waals surface area contributed by atoms with E-state index in [2.05, 4.69) is 13.8 Å². The Balaban J connectivity index is 3.36. The van der Waals surface area contributed by atoms with Crippen molar-refractivity contribution in [3.8, 4) is 0 Å². The molecule has 0 saturated heterocycles. The van der Waals surface area contributed by atoms with Gasteiger partial charge in [-0.1, -0.05) is 13.8 Å². The van der Waals surface area contributed by atoms with E-state index in [1.807, 2.05) is 0 Å². The van der Waals surface area contributed by atoms with Gasteiger partial charge in [0.25, 0.3) is 0 Å². The zero-order chi connectivity index (χ0) is 10.3. The fraction of sp³-hybridized carbons (Fsp3) is 0.778. The molecule has 4 heteroatoms. The summed E-state index contributed by atoms with van der Waals surface area (Å²) in [5.41, 5.74) is 0. The largest absolute Gasteiger partial charge is 0.466 e. The normalized spacial score (nSPS) is 10.2. The number of carbonyl (C=O) groups excluding carboxylic acids is 2. The van der Waals surface area contributed by atoms with Gasteiger partial charge in [0.05, 0.1) is 13.0 Å². The Morgan fingerprint density at radius 1 is 1.31 bits per heavy atom. The highest BCUT2D eigenvalue weighted by Crippen LogP contribution is 2.01. The maximum atomic E-state index is 10.9. The van der Waals surface area contributed by atoms with Crippen molar-refractivity contribution < 1.29 is 14.3 Å². The van der Waals surface area contributed by atoms with Crippen molar-refractivity contribution in [1.82, 2.24) is 0 Å². The summed E-state index contributed by atoms with van der Waals surface area (Å²) < 4.78 is 4.85. The first kappa shape index (κ1) is 12.4. The van der Waals surface area contributed by atoms with Crippen molar-refractivity contribution in [2.24, 2.45) is 5.92 Å². The highest BCUT2D eigenvalue weighted by atomic mass is 35.5. The van der Waals surface area contributed by atoms with Gasteiger partial charge in [-0.2, -0.15) is 0 Å². The predicted octanol–water partition coefficient (Wildman–Crippen LogP) is 2.12. The third-order valence-corrected chi connectivity index (χ3v) is 1.67. The molecule has 0 aliphatic rings. The summed E-state index contributed by atoms with van der Waals surface area (Å²) in [5.74, 6) is 0.164. The molecule has 0 atom stereocenters. The second-order valence-corrected chi connectivity index (χ2v) is 3.68. The molecular formula is C9H15ClO3. The Kier molecular flexibility index (Phi) is 6.59. The summed E-state index contributed by atoms with van der Waals surface area (Å²) in [6.45, 7) is 4.53. The molecule has 13 heavy (non-hydrogen) atoms. The summed E-state index contributed by atoms with van der Waals surface area (Å²) in [7, 11) is 0. The maximum Gasteiger partial charge on any atom is 0.306 e. The molecule has 0 aromatic carbocycles. The number of hydrogen-bond acceptors (Lipinski definition) is 3. The van der Waals surface area contributed by atoms with Crippen molar-refractivity contribution >= 4 is 22.8 Å². The third kappa shape index (κ3) is 9.34. The minimum Gasteiger partial charge on any atom is -0.466 e. The Labute approximate surface area is 83.4 Å². The lowest BCUT2D eigenvalue weighted by atomic mass is 10.1. The van der Waals surface area contributed by atoms with Crippen LogP contribution in [0.2, 0.25) is 0 Å². The van der Waals surface area contributed by atoms with Crippen molar-refractivity contribution in [3.63, 3.8) is 0 Å². The Morgan fingerprint density at radius 3 is 2.38 bits per heavy atom. The van der Waals surface area contributed by atoms with Crippen LogP contribution in [0.25, 0.3) is 0 Å². The molecular weight excluding hydrogens is 192 g/mol. The van der Waals surface area contributed by atoms with Gasteiger partial charge in [0.1, 0.15) is 0 Å². The SMILES string of the molecule is CC(C)CCOC(=O)CCC(=O)Cl. The lowest BCUT2D eigenvalue weighted by Gasteiger charge is -2.05. The summed E-state index contributed by atoms with van der Waals surface area (Å²) in [6, 6.07) is 0. The number of carbonyl (C=O) groups is 2. The summed E-state index contributed by atoms with van der Waals surface area (Å²) in [5, 5.41) is -0.499. The molecule has 0 bridgehead atoms. The van der Waals surface area contributed by atoms with Crippen LogP contribution in [0.5, 0.6) is 0 Å². The molecule has 0 N–H and O–H groups in total. The fourth-order valence-electron chi connectivity index (χ4n) is 0.681. The zero-order valence-corrected chi connectivity index (χ0v) is 8.76. The van der Waals surface area contributed by atoms with Gasteiger partial charge in [-0.25, -0.2) is 0 Å². The Morgan fingerprint density at radius 2 is 1.92 bits per heavy atom. The van der Waals surface area contributed by atoms with Gasteiger partial charge in [0.2, 0.25) is 5.24 Å². The van der Waals surface area contributed by atoms with Gasteiger partial charge in [-0.3, -0.25) is 9.59 Å². The van der Waals surface area contributed by atoms with Crippen LogP contribution in [0.3, 0.4) is 0 Å². The third-order valence-electron chi connectivity index (χ3n) is 1.48. The van der Waals surface area contributed by atoms with Crippen LogP contribution in [0, 0.1) is 5.92 Å². The van der Waals surface area contributed by atoms with E-state index in [9.17, 15) is 9.59 Å². The molecule has 0 spiro atoms. The van der Waals surface area contributed by atoms with Crippen LogP contribution in [0.4, 0.5) is 0 Å². The first-order chi connectivity index (χ1) is 6.02. The van der Waals surface area contributed by atoms with Crippen LogP contribution in [-0.4, -0.2) is 17.8 Å². The summed E-state index contributed by atoms with van der Waals surface area (Å²) in [4.78, 5) is 21.2. The van der Waals surface area contributed by atoms with Crippen molar-refractivity contribution in [2.45, 2.75) is 33.1 Å². The molecule has 76 valence electrons. The van der Waals surface area contributed by atoms with E-state index in [0.717, 1.165) is 6.42 Å². The molecule has 0 aliphatic carbocycles. The predicted molar refractivity (Wildman–Crippen MR) is 50.5 cm³/mol. The molecule has 0 amide bonds. The van der Waals surface area contributed by atoms with E-state index in [-0.39, 0.29) is 18.8 Å². The van der Waals surface area contributed by atoms with Gasteiger partial charge in [-0.05, 0) is 23.9 Å². The van der Waals surface area contributed by atoms with Gasteiger partial charge in [0, 0.05) is 6.42 Å². The van der Waals surface area contributed by atoms with Gasteiger partial charge in [-0.15, -0.1) is 0 Å². The Hall–Kier alpha value is -0.570. The topological polar surface area (TPSA) is 43.4 Å². The second-order valence-electron chi connectivity index (χ2n) is 3.26. The van der Waals surface area contributed by atoms with Crippen LogP contribution in [-0.2, 0) is 14.3 Å². The molecule has 0 fully saturated rings. The van der Waals surface area contributed by atoms with Gasteiger partial charge < -0.3 is 4.74 Å². The van der Waals surface area contributed by atoms with E-state index >= 15 is 0 Å². The molecule has 0 heterocycles. The quantitative estimate of drug-likeness (QED) is 0.494. The van der Waals surface area contributed by atoms with Gasteiger partial charge >= 0.3 is 5.97 Å². The van der Waals surface area contributed by atoms with E-state index in [4.69, 9.17) is 16.3 Å². The lowest BCUT2D eigenvalue weighted by Crippen LogP contribution is -2.08.